The number of hydrogen-bond acceptors (Lipinski definition) is 11. The van der Waals surface area contributed by atoms with Crippen LogP contribution in [0, 0.1) is 0 Å². The van der Waals surface area contributed by atoms with Gasteiger partial charge in [-0.05, 0) is 17.7 Å². The molecule has 1 fully saturated rings. The number of anilines is 3. The lowest BCUT2D eigenvalue weighted by Crippen LogP contribution is -2.33. The number of aliphatic hydroxyl groups excluding tert-OH is 3. The molecule has 0 bridgehead atoms. The zero-order valence-corrected chi connectivity index (χ0v) is 17.4. The first-order valence-corrected chi connectivity index (χ1v) is 9.76. The zero-order chi connectivity index (χ0) is 23.0. The number of hydrogen-bond donors (Lipinski definition) is 6. The summed E-state index contributed by atoms with van der Waals surface area (Å²) in [6, 6.07) is 7.62. The van der Waals surface area contributed by atoms with Gasteiger partial charge in [0.25, 0.3) is 5.56 Å². The van der Waals surface area contributed by atoms with Crippen LogP contribution in [0.3, 0.4) is 0 Å². The van der Waals surface area contributed by atoms with Gasteiger partial charge in [-0.3, -0.25) is 14.3 Å². The molecule has 13 nitrogen and oxygen atoms in total. The topological polar surface area (TPSA) is 187 Å². The van der Waals surface area contributed by atoms with Crippen LogP contribution in [0.1, 0.15) is 11.8 Å². The van der Waals surface area contributed by atoms with Crippen LogP contribution >= 0.6 is 0 Å². The lowest BCUT2D eigenvalue weighted by molar-refractivity contribution is -0.0501. The van der Waals surface area contributed by atoms with Gasteiger partial charge in [0, 0.05) is 19.8 Å². The van der Waals surface area contributed by atoms with Crippen molar-refractivity contribution in [2.75, 3.05) is 36.8 Å². The largest absolute Gasteiger partial charge is 0.394 e. The third-order valence-corrected chi connectivity index (χ3v) is 5.13. The first kappa shape index (κ1) is 21.7. The van der Waals surface area contributed by atoms with E-state index in [1.807, 2.05) is 43.3 Å². The minimum atomic E-state index is -1.42. The van der Waals surface area contributed by atoms with Gasteiger partial charge in [0.1, 0.15) is 18.3 Å². The predicted octanol–water partition coefficient (Wildman–Crippen LogP) is -1.17. The second-order valence-corrected chi connectivity index (χ2v) is 7.51. The van der Waals surface area contributed by atoms with E-state index in [9.17, 15) is 20.1 Å². The highest BCUT2D eigenvalue weighted by Crippen LogP contribution is 2.33. The molecule has 1 aliphatic heterocycles. The van der Waals surface area contributed by atoms with E-state index in [4.69, 9.17) is 10.5 Å². The van der Waals surface area contributed by atoms with Crippen LogP contribution in [-0.4, -0.2) is 80.1 Å². The van der Waals surface area contributed by atoms with Gasteiger partial charge in [-0.25, -0.2) is 10.4 Å². The van der Waals surface area contributed by atoms with Crippen molar-refractivity contribution in [3.05, 3.63) is 40.2 Å². The summed E-state index contributed by atoms with van der Waals surface area (Å²) in [4.78, 5) is 24.9. The minimum absolute atomic E-state index is 0.0223. The summed E-state index contributed by atoms with van der Waals surface area (Å²) in [5.74, 6) is -0.133. The van der Waals surface area contributed by atoms with Crippen molar-refractivity contribution in [3.63, 3.8) is 0 Å². The summed E-state index contributed by atoms with van der Waals surface area (Å²) in [5, 5.41) is 34.2. The van der Waals surface area contributed by atoms with Gasteiger partial charge < -0.3 is 30.7 Å². The van der Waals surface area contributed by atoms with Crippen LogP contribution < -0.4 is 21.6 Å². The molecule has 0 saturated carbocycles. The molecule has 1 aromatic carbocycles. The molecule has 0 radical (unpaired) electrons. The number of nitrogen functional groups attached to an aromatic ring is 1. The first-order valence-electron chi connectivity index (χ1n) is 9.76. The molecule has 3 aromatic rings. The molecule has 2 aromatic heterocycles. The molecular formula is C19H24N8O5. The molecule has 4 atom stereocenters. The number of fused-ring (bicyclic) bond motifs is 1. The maximum atomic E-state index is 12.3. The van der Waals surface area contributed by atoms with Crippen molar-refractivity contribution in [1.29, 1.82) is 0 Å². The van der Waals surface area contributed by atoms with Crippen molar-refractivity contribution in [2.24, 2.45) is 5.10 Å². The summed E-state index contributed by atoms with van der Waals surface area (Å²) < 4.78 is 6.87. The third kappa shape index (κ3) is 3.89. The third-order valence-electron chi connectivity index (χ3n) is 5.13. The van der Waals surface area contributed by atoms with E-state index in [1.165, 1.54) is 4.57 Å². The molecular weight excluding hydrogens is 420 g/mol. The number of aliphatic hydroxyl groups is 3. The molecule has 0 amide bonds. The molecule has 4 rings (SSSR count). The molecule has 170 valence electrons. The Labute approximate surface area is 181 Å². The molecule has 0 spiro atoms. The van der Waals surface area contributed by atoms with E-state index in [2.05, 4.69) is 25.5 Å². The Morgan fingerprint density at radius 1 is 1.28 bits per heavy atom. The van der Waals surface area contributed by atoms with E-state index in [0.717, 1.165) is 11.3 Å². The second kappa shape index (κ2) is 8.55. The Morgan fingerprint density at radius 3 is 2.62 bits per heavy atom. The van der Waals surface area contributed by atoms with Gasteiger partial charge >= 0.3 is 0 Å². The van der Waals surface area contributed by atoms with Crippen molar-refractivity contribution >= 4 is 35.0 Å². The minimum Gasteiger partial charge on any atom is -0.394 e. The first-order chi connectivity index (χ1) is 15.3. The molecule has 1 aliphatic rings. The number of aromatic amines is 1. The molecule has 32 heavy (non-hydrogen) atoms. The summed E-state index contributed by atoms with van der Waals surface area (Å²) in [5.41, 5.74) is 9.60. The van der Waals surface area contributed by atoms with Gasteiger partial charge in [-0.1, -0.05) is 12.1 Å². The Balaban J connectivity index is 1.70. The fraction of sp³-hybridized carbons (Fsp3) is 0.368. The molecule has 13 heteroatoms. The average molecular weight is 444 g/mol. The highest BCUT2D eigenvalue weighted by molar-refractivity contribution is 5.81. The summed E-state index contributed by atoms with van der Waals surface area (Å²) in [6.07, 6.45) is -3.45. The van der Waals surface area contributed by atoms with Crippen molar-refractivity contribution in [2.45, 2.75) is 24.5 Å². The number of imidazole rings is 1. The van der Waals surface area contributed by atoms with E-state index < -0.39 is 36.7 Å². The molecule has 1 saturated heterocycles. The van der Waals surface area contributed by atoms with E-state index in [0.29, 0.717) is 0 Å². The quantitative estimate of drug-likeness (QED) is 0.200. The van der Waals surface area contributed by atoms with E-state index >= 15 is 0 Å². The summed E-state index contributed by atoms with van der Waals surface area (Å²) >= 11 is 0. The second-order valence-electron chi connectivity index (χ2n) is 7.51. The van der Waals surface area contributed by atoms with Gasteiger partial charge in [0.15, 0.2) is 17.4 Å². The Morgan fingerprint density at radius 2 is 2.00 bits per heavy atom. The van der Waals surface area contributed by atoms with Crippen molar-refractivity contribution in [3.8, 4) is 0 Å². The number of rotatable bonds is 6. The van der Waals surface area contributed by atoms with Crippen LogP contribution in [0.25, 0.3) is 11.2 Å². The van der Waals surface area contributed by atoms with Crippen LogP contribution in [-0.2, 0) is 4.74 Å². The fourth-order valence-electron chi connectivity index (χ4n) is 3.44. The monoisotopic (exact) mass is 444 g/mol. The SMILES string of the molecule is CN(C)c1ccc(C=NNc2nc3c(=O)[nH]c(N)nc3n2[C@@H]2O[C@H](CO)[C@@H](O)[C@H]2O)cc1. The lowest BCUT2D eigenvalue weighted by Gasteiger charge is -2.18. The highest BCUT2D eigenvalue weighted by Gasteiger charge is 2.45. The molecule has 0 unspecified atom stereocenters. The molecule has 3 heterocycles. The van der Waals surface area contributed by atoms with Gasteiger partial charge in [0.05, 0.1) is 12.8 Å². The molecule has 0 aliphatic carbocycles. The number of aromatic nitrogens is 4. The van der Waals surface area contributed by atoms with Gasteiger partial charge in [-0.15, -0.1) is 0 Å². The van der Waals surface area contributed by atoms with Crippen molar-refractivity contribution in [1.82, 2.24) is 19.5 Å². The summed E-state index contributed by atoms with van der Waals surface area (Å²) in [7, 11) is 3.88. The number of ether oxygens (including phenoxy) is 1. The normalized spacial score (nSPS) is 23.3. The fourth-order valence-corrected chi connectivity index (χ4v) is 3.44. The average Bonchev–Trinajstić information content (AvgIpc) is 3.25. The smallest absolute Gasteiger partial charge is 0.280 e. The van der Waals surface area contributed by atoms with Crippen LogP contribution in [0.4, 0.5) is 17.6 Å². The number of nitrogens with zero attached hydrogens (tertiary/aromatic N) is 5. The maximum absolute atomic E-state index is 12.3. The number of nitrogens with two attached hydrogens (primary N) is 1. The Bertz CT molecular complexity index is 1190. The van der Waals surface area contributed by atoms with Crippen LogP contribution in [0.2, 0.25) is 0 Å². The number of nitrogens with one attached hydrogen (secondary N) is 2. The standard InChI is InChI=1S/C19H24N8O5/c1-26(2)10-5-3-9(4-6-10)7-21-25-19-22-12-15(23-18(20)24-16(12)31)27(19)17-14(30)13(29)11(8-28)32-17/h3-7,11,13-14,17,28-30H,8H2,1-2H3,(H,22,25)(H3,20,23,24,31)/t11-,13-,14-,17-/m1/s1. The van der Waals surface area contributed by atoms with Gasteiger partial charge in [0.2, 0.25) is 11.9 Å². The molecule has 7 N–H and O–H groups in total. The Hall–Kier alpha value is -3.52. The van der Waals surface area contributed by atoms with E-state index in [-0.39, 0.29) is 23.1 Å². The lowest BCUT2D eigenvalue weighted by atomic mass is 10.1. The highest BCUT2D eigenvalue weighted by atomic mass is 16.6. The zero-order valence-electron chi connectivity index (χ0n) is 17.4. The Kier molecular flexibility index (Phi) is 5.80. The predicted molar refractivity (Wildman–Crippen MR) is 118 cm³/mol. The summed E-state index contributed by atoms with van der Waals surface area (Å²) in [6.45, 7) is -0.513. The number of hydrazone groups is 1. The maximum Gasteiger partial charge on any atom is 0.280 e. The van der Waals surface area contributed by atoms with Crippen LogP contribution in [0.5, 0.6) is 0 Å². The van der Waals surface area contributed by atoms with Gasteiger partial charge in [-0.2, -0.15) is 10.1 Å². The van der Waals surface area contributed by atoms with E-state index in [1.54, 1.807) is 6.21 Å². The van der Waals surface area contributed by atoms with Crippen molar-refractivity contribution < 1.29 is 20.1 Å². The van der Waals surface area contributed by atoms with Crippen LogP contribution in [0.15, 0.2) is 34.2 Å². The number of H-pyrrole nitrogens is 1. The number of benzene rings is 1.